The molecule has 0 spiro atoms. The van der Waals surface area contributed by atoms with Crippen molar-refractivity contribution in [3.05, 3.63) is 63.1 Å². The molecule has 2 aromatic carbocycles. The van der Waals surface area contributed by atoms with Gasteiger partial charge in [-0.1, -0.05) is 35.3 Å². The summed E-state index contributed by atoms with van der Waals surface area (Å²) in [4.78, 5) is 10.9. The van der Waals surface area contributed by atoms with E-state index >= 15 is 0 Å². The van der Waals surface area contributed by atoms with Crippen molar-refractivity contribution < 1.29 is 14.6 Å². The highest BCUT2D eigenvalue weighted by Gasteiger charge is 2.13. The van der Waals surface area contributed by atoms with Crippen LogP contribution in [0.4, 0.5) is 0 Å². The van der Waals surface area contributed by atoms with Gasteiger partial charge in [0.05, 0.1) is 27.2 Å². The lowest BCUT2D eigenvalue weighted by Crippen LogP contribution is -2.00. The van der Waals surface area contributed by atoms with Gasteiger partial charge in [-0.25, -0.2) is 4.79 Å². The standard InChI is InChI=1S/C15H9Cl2NO3/c16-12-5-11(15(19)20)6-13(17)14(12)21-8-10-3-1-2-9(4-10)7-18/h1-6H,8H2,(H,19,20). The van der Waals surface area contributed by atoms with E-state index in [1.165, 1.54) is 12.1 Å². The van der Waals surface area contributed by atoms with Crippen molar-refractivity contribution in [1.82, 2.24) is 0 Å². The second kappa shape index (κ2) is 6.49. The molecule has 0 aliphatic carbocycles. The molecule has 0 aliphatic heterocycles. The van der Waals surface area contributed by atoms with Gasteiger partial charge in [-0.2, -0.15) is 5.26 Å². The fourth-order valence-corrected chi connectivity index (χ4v) is 2.30. The molecule has 0 aromatic heterocycles. The SMILES string of the molecule is N#Cc1cccc(COc2c(Cl)cc(C(=O)O)cc2Cl)c1. The molecule has 0 bridgehead atoms. The molecule has 0 atom stereocenters. The summed E-state index contributed by atoms with van der Waals surface area (Å²) in [6, 6.07) is 11.5. The number of hydrogen-bond acceptors (Lipinski definition) is 3. The fraction of sp³-hybridized carbons (Fsp3) is 0.0667. The Morgan fingerprint density at radius 1 is 1.24 bits per heavy atom. The van der Waals surface area contributed by atoms with Crippen molar-refractivity contribution in [3.63, 3.8) is 0 Å². The highest BCUT2D eigenvalue weighted by Crippen LogP contribution is 2.34. The number of halogens is 2. The predicted molar refractivity (Wildman–Crippen MR) is 78.9 cm³/mol. The Bertz CT molecular complexity index is 715. The summed E-state index contributed by atoms with van der Waals surface area (Å²) < 4.78 is 5.52. The van der Waals surface area contributed by atoms with Crippen molar-refractivity contribution in [2.75, 3.05) is 0 Å². The molecule has 6 heteroatoms. The monoisotopic (exact) mass is 321 g/mol. The number of rotatable bonds is 4. The van der Waals surface area contributed by atoms with Crippen LogP contribution in [0.1, 0.15) is 21.5 Å². The molecule has 0 fully saturated rings. The van der Waals surface area contributed by atoms with Crippen LogP contribution in [0, 0.1) is 11.3 Å². The molecule has 0 radical (unpaired) electrons. The summed E-state index contributed by atoms with van der Waals surface area (Å²) >= 11 is 12.0. The van der Waals surface area contributed by atoms with Crippen LogP contribution in [0.25, 0.3) is 0 Å². The van der Waals surface area contributed by atoms with Crippen molar-refractivity contribution in [2.24, 2.45) is 0 Å². The third kappa shape index (κ3) is 3.66. The van der Waals surface area contributed by atoms with Crippen LogP contribution in [0.15, 0.2) is 36.4 Å². The van der Waals surface area contributed by atoms with Crippen LogP contribution in [0.3, 0.4) is 0 Å². The molecule has 2 rings (SSSR count). The van der Waals surface area contributed by atoms with E-state index in [0.29, 0.717) is 5.56 Å². The van der Waals surface area contributed by atoms with Gasteiger partial charge in [-0.05, 0) is 29.8 Å². The van der Waals surface area contributed by atoms with Crippen molar-refractivity contribution in [2.45, 2.75) is 6.61 Å². The number of carbonyl (C=O) groups is 1. The van der Waals surface area contributed by atoms with Crippen LogP contribution >= 0.6 is 23.2 Å². The van der Waals surface area contributed by atoms with Gasteiger partial charge in [0.15, 0.2) is 5.75 Å². The molecule has 0 saturated heterocycles. The molecule has 2 aromatic rings. The summed E-state index contributed by atoms with van der Waals surface area (Å²) in [5.74, 6) is -0.905. The van der Waals surface area contributed by atoms with Crippen LogP contribution in [-0.2, 0) is 6.61 Å². The second-order valence-electron chi connectivity index (χ2n) is 4.18. The van der Waals surface area contributed by atoms with Crippen molar-refractivity contribution in [3.8, 4) is 11.8 Å². The zero-order chi connectivity index (χ0) is 15.4. The van der Waals surface area contributed by atoms with E-state index in [9.17, 15) is 4.79 Å². The lowest BCUT2D eigenvalue weighted by atomic mass is 10.1. The number of ether oxygens (including phenoxy) is 1. The number of nitrogens with zero attached hydrogens (tertiary/aromatic N) is 1. The molecule has 0 saturated carbocycles. The van der Waals surface area contributed by atoms with E-state index in [0.717, 1.165) is 5.56 Å². The van der Waals surface area contributed by atoms with Gasteiger partial charge in [0.25, 0.3) is 0 Å². The highest BCUT2D eigenvalue weighted by molar-refractivity contribution is 6.37. The summed E-state index contributed by atoms with van der Waals surface area (Å²) in [5, 5.41) is 18.0. The molecule has 21 heavy (non-hydrogen) atoms. The average Bonchev–Trinajstić information content (AvgIpc) is 2.46. The minimum Gasteiger partial charge on any atom is -0.486 e. The van der Waals surface area contributed by atoms with Gasteiger partial charge in [-0.15, -0.1) is 0 Å². The van der Waals surface area contributed by atoms with Gasteiger partial charge in [0.1, 0.15) is 6.61 Å². The quantitative estimate of drug-likeness (QED) is 0.918. The van der Waals surface area contributed by atoms with Crippen LogP contribution in [0.2, 0.25) is 10.0 Å². The highest BCUT2D eigenvalue weighted by atomic mass is 35.5. The maximum absolute atomic E-state index is 10.9. The van der Waals surface area contributed by atoms with Gasteiger partial charge < -0.3 is 9.84 Å². The van der Waals surface area contributed by atoms with Crippen LogP contribution < -0.4 is 4.74 Å². The Balaban J connectivity index is 2.20. The van der Waals surface area contributed by atoms with Crippen LogP contribution in [-0.4, -0.2) is 11.1 Å². The minimum atomic E-state index is -1.12. The van der Waals surface area contributed by atoms with Gasteiger partial charge in [-0.3, -0.25) is 0 Å². The summed E-state index contributed by atoms with van der Waals surface area (Å²) in [6.07, 6.45) is 0. The molecule has 0 unspecified atom stereocenters. The van der Waals surface area contributed by atoms with Gasteiger partial charge in [0.2, 0.25) is 0 Å². The maximum atomic E-state index is 10.9. The van der Waals surface area contributed by atoms with E-state index in [4.69, 9.17) is 38.3 Å². The summed E-state index contributed by atoms with van der Waals surface area (Å²) in [7, 11) is 0. The largest absolute Gasteiger partial charge is 0.486 e. The van der Waals surface area contributed by atoms with Gasteiger partial charge >= 0.3 is 5.97 Å². The first-order valence-electron chi connectivity index (χ1n) is 5.85. The van der Waals surface area contributed by atoms with E-state index in [1.54, 1.807) is 24.3 Å². The van der Waals surface area contributed by atoms with Crippen molar-refractivity contribution in [1.29, 1.82) is 5.26 Å². The Kier molecular flexibility index (Phi) is 4.69. The molecule has 0 aliphatic rings. The first-order valence-corrected chi connectivity index (χ1v) is 6.61. The fourth-order valence-electron chi connectivity index (χ4n) is 1.71. The Morgan fingerprint density at radius 2 is 1.90 bits per heavy atom. The lowest BCUT2D eigenvalue weighted by molar-refractivity contribution is 0.0697. The Morgan fingerprint density at radius 3 is 2.48 bits per heavy atom. The predicted octanol–water partition coefficient (Wildman–Crippen LogP) is 4.14. The van der Waals surface area contributed by atoms with E-state index in [-0.39, 0.29) is 28.0 Å². The zero-order valence-electron chi connectivity index (χ0n) is 10.6. The number of hydrogen-bond donors (Lipinski definition) is 1. The molecular weight excluding hydrogens is 313 g/mol. The average molecular weight is 322 g/mol. The molecular formula is C15H9Cl2NO3. The van der Waals surface area contributed by atoms with Crippen molar-refractivity contribution >= 4 is 29.2 Å². The number of aromatic carboxylic acids is 1. The maximum Gasteiger partial charge on any atom is 0.335 e. The number of benzene rings is 2. The molecule has 4 nitrogen and oxygen atoms in total. The minimum absolute atomic E-state index is 0.0103. The first kappa shape index (κ1) is 15.2. The summed E-state index contributed by atoms with van der Waals surface area (Å²) in [5.41, 5.74) is 1.29. The second-order valence-corrected chi connectivity index (χ2v) is 4.99. The Hall–Kier alpha value is -2.22. The number of carboxylic acids is 1. The lowest BCUT2D eigenvalue weighted by Gasteiger charge is -2.11. The molecule has 0 heterocycles. The molecule has 0 amide bonds. The smallest absolute Gasteiger partial charge is 0.335 e. The molecule has 1 N–H and O–H groups in total. The van der Waals surface area contributed by atoms with E-state index in [2.05, 4.69) is 0 Å². The van der Waals surface area contributed by atoms with Crippen LogP contribution in [0.5, 0.6) is 5.75 Å². The van der Waals surface area contributed by atoms with E-state index in [1.807, 2.05) is 6.07 Å². The number of carboxylic acid groups (broad SMARTS) is 1. The third-order valence-electron chi connectivity index (χ3n) is 2.68. The first-order chi connectivity index (χ1) is 10.0. The number of nitriles is 1. The summed E-state index contributed by atoms with van der Waals surface area (Å²) in [6.45, 7) is 0.168. The third-order valence-corrected chi connectivity index (χ3v) is 3.25. The molecule has 106 valence electrons. The van der Waals surface area contributed by atoms with Gasteiger partial charge in [0, 0.05) is 0 Å². The normalized spacial score (nSPS) is 9.95. The van der Waals surface area contributed by atoms with E-state index < -0.39 is 5.97 Å². The Labute approximate surface area is 131 Å². The topological polar surface area (TPSA) is 70.3 Å². The zero-order valence-corrected chi connectivity index (χ0v) is 12.1.